The van der Waals surface area contributed by atoms with Crippen LogP contribution in [0.2, 0.25) is 18.1 Å². The molecule has 0 aromatic carbocycles. The molecule has 2 aromatic heterocycles. The van der Waals surface area contributed by atoms with Crippen molar-refractivity contribution in [2.45, 2.75) is 50.6 Å². The number of fused-ring (bicyclic) bond motifs is 1. The molecule has 1 fully saturated rings. The van der Waals surface area contributed by atoms with Gasteiger partial charge in [-0.2, -0.15) is 0 Å². The highest BCUT2D eigenvalue weighted by Gasteiger charge is 2.44. The molecule has 26 heavy (non-hydrogen) atoms. The molecular formula is C17H27N3O4SSi. The first-order valence-corrected chi connectivity index (χ1v) is 12.6. The van der Waals surface area contributed by atoms with Crippen LogP contribution in [0.4, 0.5) is 0 Å². The van der Waals surface area contributed by atoms with Crippen LogP contribution >= 0.6 is 11.8 Å². The van der Waals surface area contributed by atoms with Gasteiger partial charge in [0.15, 0.2) is 8.32 Å². The molecule has 0 saturated carbocycles. The van der Waals surface area contributed by atoms with Gasteiger partial charge >= 0.3 is 5.69 Å². The number of rotatable bonds is 5. The number of ether oxygens (including phenoxy) is 1. The van der Waals surface area contributed by atoms with E-state index in [1.807, 2.05) is 0 Å². The summed E-state index contributed by atoms with van der Waals surface area (Å²) in [6.45, 7) is 11.6. The molecule has 1 saturated heterocycles. The second-order valence-electron chi connectivity index (χ2n) is 8.05. The van der Waals surface area contributed by atoms with Crippen molar-refractivity contribution < 1.29 is 14.3 Å². The summed E-state index contributed by atoms with van der Waals surface area (Å²) in [5.74, 6) is 0.803. The zero-order valence-electron chi connectivity index (χ0n) is 16.0. The first-order chi connectivity index (χ1) is 12.1. The fourth-order valence-corrected chi connectivity index (χ4v) is 4.76. The Balaban J connectivity index is 1.99. The zero-order chi connectivity index (χ0) is 19.2. The summed E-state index contributed by atoms with van der Waals surface area (Å²) in [5, 5.41) is 8.49. The van der Waals surface area contributed by atoms with Crippen molar-refractivity contribution in [1.29, 1.82) is 0 Å². The summed E-state index contributed by atoms with van der Waals surface area (Å²) < 4.78 is 15.5. The van der Waals surface area contributed by atoms with Gasteiger partial charge in [0.1, 0.15) is 5.65 Å². The topological polar surface area (TPSA) is 78.0 Å². The average molecular weight is 398 g/mol. The van der Waals surface area contributed by atoms with Gasteiger partial charge in [0.2, 0.25) is 5.06 Å². The number of thioether (sulfide) groups is 1. The van der Waals surface area contributed by atoms with Crippen molar-refractivity contribution in [3.05, 3.63) is 34.6 Å². The monoisotopic (exact) mass is 397 g/mol. The highest BCUT2D eigenvalue weighted by Crippen LogP contribution is 2.41. The van der Waals surface area contributed by atoms with Gasteiger partial charge < -0.3 is 14.3 Å². The van der Waals surface area contributed by atoms with Gasteiger partial charge in [-0.25, -0.2) is 9.78 Å². The summed E-state index contributed by atoms with van der Waals surface area (Å²) in [6.07, 6.45) is 3.27. The molecule has 2 aromatic rings. The van der Waals surface area contributed by atoms with Gasteiger partial charge in [0, 0.05) is 18.1 Å². The quantitative estimate of drug-likeness (QED) is 0.781. The van der Waals surface area contributed by atoms with Crippen LogP contribution in [0.1, 0.15) is 26.5 Å². The molecule has 7 nitrogen and oxygen atoms in total. The fraction of sp³-hybridized carbons (Fsp3) is 0.647. The number of aromatic nitrogens is 3. The van der Waals surface area contributed by atoms with E-state index in [1.54, 1.807) is 34.8 Å². The van der Waals surface area contributed by atoms with Crippen molar-refractivity contribution in [2.24, 2.45) is 0 Å². The Kier molecular flexibility index (Phi) is 5.13. The SMILES string of the molecule is CC(C)(C)[Si](C)(C)OC[C@@]1(n2ccc3nc(CO)cn3c2=O)OCCS1. The van der Waals surface area contributed by atoms with Gasteiger partial charge in [-0.1, -0.05) is 32.5 Å². The first kappa shape index (κ1) is 19.6. The summed E-state index contributed by atoms with van der Waals surface area (Å²) >= 11 is 1.58. The minimum Gasteiger partial charge on any atom is -0.411 e. The smallest absolute Gasteiger partial charge is 0.336 e. The zero-order valence-corrected chi connectivity index (χ0v) is 17.8. The van der Waals surface area contributed by atoms with Crippen LogP contribution in [-0.2, 0) is 20.8 Å². The molecule has 1 aliphatic heterocycles. The molecule has 144 valence electrons. The van der Waals surface area contributed by atoms with Crippen molar-refractivity contribution in [3.8, 4) is 0 Å². The number of hydrogen-bond acceptors (Lipinski definition) is 6. The van der Waals surface area contributed by atoms with Gasteiger partial charge in [-0.15, -0.1) is 0 Å². The van der Waals surface area contributed by atoms with Crippen LogP contribution in [0.5, 0.6) is 0 Å². The number of aliphatic hydroxyl groups is 1. The molecule has 9 heteroatoms. The maximum atomic E-state index is 13.0. The van der Waals surface area contributed by atoms with Crippen LogP contribution in [0.25, 0.3) is 5.65 Å². The Hall–Kier alpha value is -1.13. The molecule has 1 atom stereocenters. The van der Waals surface area contributed by atoms with E-state index in [0.717, 1.165) is 5.75 Å². The summed E-state index contributed by atoms with van der Waals surface area (Å²) in [6, 6.07) is 1.76. The van der Waals surface area contributed by atoms with Crippen molar-refractivity contribution in [1.82, 2.24) is 14.0 Å². The van der Waals surface area contributed by atoms with E-state index in [9.17, 15) is 9.90 Å². The Morgan fingerprint density at radius 3 is 2.77 bits per heavy atom. The Morgan fingerprint density at radius 1 is 1.46 bits per heavy atom. The van der Waals surface area contributed by atoms with E-state index >= 15 is 0 Å². The van der Waals surface area contributed by atoms with E-state index in [2.05, 4.69) is 38.8 Å². The molecule has 1 aliphatic rings. The van der Waals surface area contributed by atoms with E-state index in [4.69, 9.17) is 9.16 Å². The summed E-state index contributed by atoms with van der Waals surface area (Å²) in [7, 11) is -1.99. The molecular weight excluding hydrogens is 370 g/mol. The second kappa shape index (κ2) is 6.79. The maximum absolute atomic E-state index is 13.0. The lowest BCUT2D eigenvalue weighted by atomic mass is 10.2. The number of hydrogen-bond donors (Lipinski definition) is 1. The molecule has 0 amide bonds. The average Bonchev–Trinajstić information content (AvgIpc) is 3.20. The van der Waals surface area contributed by atoms with Crippen molar-refractivity contribution >= 4 is 25.7 Å². The molecule has 3 heterocycles. The third-order valence-corrected chi connectivity index (χ3v) is 11.0. The Bertz CT molecular complexity index is 850. The van der Waals surface area contributed by atoms with Gasteiger partial charge in [0.05, 0.1) is 25.5 Å². The third kappa shape index (κ3) is 3.38. The second-order valence-corrected chi connectivity index (χ2v) is 14.2. The maximum Gasteiger partial charge on any atom is 0.336 e. The molecule has 1 N–H and O–H groups in total. The summed E-state index contributed by atoms with van der Waals surface area (Å²) in [4.78, 5) is 17.3. The van der Waals surface area contributed by atoms with E-state index in [0.29, 0.717) is 24.6 Å². The van der Waals surface area contributed by atoms with Crippen LogP contribution in [0.3, 0.4) is 0 Å². The van der Waals surface area contributed by atoms with Crippen LogP contribution < -0.4 is 5.69 Å². The molecule has 0 bridgehead atoms. The first-order valence-electron chi connectivity index (χ1n) is 8.72. The lowest BCUT2D eigenvalue weighted by molar-refractivity contribution is -0.0456. The third-order valence-electron chi connectivity index (χ3n) is 5.26. The predicted molar refractivity (Wildman–Crippen MR) is 105 cm³/mol. The highest BCUT2D eigenvalue weighted by molar-refractivity contribution is 8.00. The van der Waals surface area contributed by atoms with Crippen LogP contribution in [0, 0.1) is 0 Å². The largest absolute Gasteiger partial charge is 0.411 e. The normalized spacial score (nSPS) is 21.6. The lowest BCUT2D eigenvalue weighted by Gasteiger charge is -2.39. The number of aliphatic hydroxyl groups excluding tert-OH is 1. The number of nitrogens with zero attached hydrogens (tertiary/aromatic N) is 3. The predicted octanol–water partition coefficient (Wildman–Crippen LogP) is 2.38. The molecule has 3 rings (SSSR count). The molecule has 0 unspecified atom stereocenters. The van der Waals surface area contributed by atoms with Crippen LogP contribution in [-0.4, -0.2) is 46.3 Å². The van der Waals surface area contributed by atoms with E-state index in [-0.39, 0.29) is 17.3 Å². The highest BCUT2D eigenvalue weighted by atomic mass is 32.2. The molecule has 0 radical (unpaired) electrons. The minimum atomic E-state index is -1.99. The van der Waals surface area contributed by atoms with Gasteiger partial charge in [0.25, 0.3) is 0 Å². The fourth-order valence-electron chi connectivity index (χ4n) is 2.60. The number of imidazole rings is 1. The molecule has 0 spiro atoms. The molecule has 0 aliphatic carbocycles. The van der Waals surface area contributed by atoms with Gasteiger partial charge in [-0.05, 0) is 24.2 Å². The van der Waals surface area contributed by atoms with E-state index < -0.39 is 13.4 Å². The standard InChI is InChI=1S/C17H27N3O4SSi/c1-16(2,3)26(4,5)24-12-17(23-8-9-25-17)20-7-6-14-18-13(11-21)10-19(14)15(20)22/h6-7,10,21H,8-9,11-12H2,1-5H3/t17-/m1/s1. The minimum absolute atomic E-state index is 0.0761. The van der Waals surface area contributed by atoms with E-state index in [1.165, 1.54) is 4.40 Å². The Labute approximate surface area is 158 Å². The lowest BCUT2D eigenvalue weighted by Crippen LogP contribution is -2.49. The van der Waals surface area contributed by atoms with Gasteiger partial charge in [-0.3, -0.25) is 8.97 Å². The van der Waals surface area contributed by atoms with Crippen molar-refractivity contribution in [2.75, 3.05) is 19.0 Å². The summed E-state index contributed by atoms with van der Waals surface area (Å²) in [5.41, 5.74) is 0.730. The van der Waals surface area contributed by atoms with Crippen molar-refractivity contribution in [3.63, 3.8) is 0 Å². The van der Waals surface area contributed by atoms with Crippen LogP contribution in [0.15, 0.2) is 23.3 Å². The Morgan fingerprint density at radius 2 is 2.19 bits per heavy atom.